The minimum absolute atomic E-state index is 0.0386. The minimum Gasteiger partial charge on any atom is -0.356 e. The van der Waals surface area contributed by atoms with Crippen LogP contribution < -0.4 is 5.32 Å². The molecule has 1 aliphatic heterocycles. The number of rotatable bonds is 4. The van der Waals surface area contributed by atoms with Gasteiger partial charge in [-0.05, 0) is 29.9 Å². The van der Waals surface area contributed by atoms with Crippen LogP contribution in [0.4, 0.5) is 0 Å². The van der Waals surface area contributed by atoms with Crippen LogP contribution in [0.15, 0.2) is 11.4 Å². The number of carbonyl (C=O) groups is 2. The monoisotopic (exact) mass is 266 g/mol. The van der Waals surface area contributed by atoms with Crippen LogP contribution in [0, 0.1) is 0 Å². The molecular formula is C13H18N2O2S. The predicted molar refractivity (Wildman–Crippen MR) is 71.4 cm³/mol. The highest BCUT2D eigenvalue weighted by molar-refractivity contribution is 7.10. The summed E-state index contributed by atoms with van der Waals surface area (Å²) in [6.07, 6.45) is 2.20. The Labute approximate surface area is 111 Å². The van der Waals surface area contributed by atoms with Gasteiger partial charge in [0.1, 0.15) is 0 Å². The first kappa shape index (κ1) is 13.1. The molecule has 1 N–H and O–H groups in total. The lowest BCUT2D eigenvalue weighted by molar-refractivity contribution is -0.132. The van der Waals surface area contributed by atoms with E-state index in [0.717, 1.165) is 19.5 Å². The maximum Gasteiger partial charge on any atom is 0.222 e. The summed E-state index contributed by atoms with van der Waals surface area (Å²) in [5.41, 5.74) is 1.29. The van der Waals surface area contributed by atoms with Crippen LogP contribution in [-0.4, -0.2) is 29.8 Å². The van der Waals surface area contributed by atoms with Gasteiger partial charge in [0.15, 0.2) is 0 Å². The van der Waals surface area contributed by atoms with Gasteiger partial charge in [-0.3, -0.25) is 9.59 Å². The van der Waals surface area contributed by atoms with Crippen molar-refractivity contribution in [2.24, 2.45) is 0 Å². The van der Waals surface area contributed by atoms with E-state index >= 15 is 0 Å². The number of hydrogen-bond donors (Lipinski definition) is 1. The first-order valence-corrected chi connectivity index (χ1v) is 7.12. The molecule has 0 aromatic carbocycles. The largest absolute Gasteiger partial charge is 0.356 e. The Bertz CT molecular complexity index is 442. The van der Waals surface area contributed by atoms with Crippen molar-refractivity contribution >= 4 is 23.2 Å². The Morgan fingerprint density at radius 1 is 1.50 bits per heavy atom. The Morgan fingerprint density at radius 2 is 2.33 bits per heavy atom. The zero-order valence-corrected chi connectivity index (χ0v) is 11.4. The molecule has 0 fully saturated rings. The van der Waals surface area contributed by atoms with Crippen molar-refractivity contribution in [2.45, 2.75) is 32.7 Å². The van der Waals surface area contributed by atoms with Gasteiger partial charge in [-0.25, -0.2) is 0 Å². The van der Waals surface area contributed by atoms with E-state index in [1.807, 2.05) is 4.90 Å². The molecule has 2 amide bonds. The van der Waals surface area contributed by atoms with Gasteiger partial charge in [0.2, 0.25) is 11.8 Å². The lowest BCUT2D eigenvalue weighted by Crippen LogP contribution is -2.35. The fourth-order valence-corrected chi connectivity index (χ4v) is 3.01. The Balaban J connectivity index is 1.75. The fraction of sp³-hybridized carbons (Fsp3) is 0.538. The van der Waals surface area contributed by atoms with E-state index in [0.29, 0.717) is 19.4 Å². The zero-order valence-electron chi connectivity index (χ0n) is 10.6. The number of thiophene rings is 1. The third-order valence-corrected chi connectivity index (χ3v) is 4.12. The highest BCUT2D eigenvalue weighted by Crippen LogP contribution is 2.24. The van der Waals surface area contributed by atoms with Crippen LogP contribution in [0.25, 0.3) is 0 Å². The van der Waals surface area contributed by atoms with Gasteiger partial charge in [-0.15, -0.1) is 11.3 Å². The number of nitrogens with one attached hydrogen (secondary N) is 1. The van der Waals surface area contributed by atoms with Crippen LogP contribution in [-0.2, 0) is 22.6 Å². The van der Waals surface area contributed by atoms with Crippen molar-refractivity contribution in [3.05, 3.63) is 21.9 Å². The molecule has 0 saturated carbocycles. The van der Waals surface area contributed by atoms with Gasteiger partial charge in [-0.2, -0.15) is 0 Å². The number of amides is 2. The minimum atomic E-state index is -0.0386. The lowest BCUT2D eigenvalue weighted by atomic mass is 10.1. The summed E-state index contributed by atoms with van der Waals surface area (Å²) in [7, 11) is 0. The lowest BCUT2D eigenvalue weighted by Gasteiger charge is -2.27. The van der Waals surface area contributed by atoms with Gasteiger partial charge in [0, 0.05) is 37.9 Å². The maximum absolute atomic E-state index is 12.0. The molecule has 1 aromatic rings. The van der Waals surface area contributed by atoms with Crippen LogP contribution in [0.5, 0.6) is 0 Å². The standard InChI is InChI=1S/C13H18N2O2S/c1-10(16)14-6-2-3-13(17)15-7-4-12-11(9-15)5-8-18-12/h5,8H,2-4,6-7,9H2,1H3,(H,14,16). The molecule has 0 aliphatic carbocycles. The van der Waals surface area contributed by atoms with E-state index in [-0.39, 0.29) is 11.8 Å². The molecule has 2 rings (SSSR count). The molecule has 1 aliphatic rings. The smallest absolute Gasteiger partial charge is 0.222 e. The Morgan fingerprint density at radius 3 is 3.11 bits per heavy atom. The van der Waals surface area contributed by atoms with Crippen LogP contribution in [0.2, 0.25) is 0 Å². The van der Waals surface area contributed by atoms with E-state index in [4.69, 9.17) is 0 Å². The summed E-state index contributed by atoms with van der Waals surface area (Å²) in [5.74, 6) is 0.153. The molecule has 4 nitrogen and oxygen atoms in total. The summed E-state index contributed by atoms with van der Waals surface area (Å²) >= 11 is 1.78. The van der Waals surface area contributed by atoms with Crippen molar-refractivity contribution < 1.29 is 9.59 Å². The molecule has 0 unspecified atom stereocenters. The normalized spacial score (nSPS) is 14.2. The molecule has 18 heavy (non-hydrogen) atoms. The molecule has 5 heteroatoms. The van der Waals surface area contributed by atoms with Crippen molar-refractivity contribution in [1.29, 1.82) is 0 Å². The van der Waals surface area contributed by atoms with Gasteiger partial charge in [-0.1, -0.05) is 0 Å². The van der Waals surface area contributed by atoms with E-state index in [2.05, 4.69) is 16.8 Å². The number of nitrogens with zero attached hydrogens (tertiary/aromatic N) is 1. The second-order valence-corrected chi connectivity index (χ2v) is 5.52. The molecule has 1 aromatic heterocycles. The molecule has 0 radical (unpaired) electrons. The van der Waals surface area contributed by atoms with Gasteiger partial charge >= 0.3 is 0 Å². The molecule has 0 saturated heterocycles. The van der Waals surface area contributed by atoms with E-state index < -0.39 is 0 Å². The topological polar surface area (TPSA) is 49.4 Å². The van der Waals surface area contributed by atoms with Crippen molar-refractivity contribution in [3.8, 4) is 0 Å². The Kier molecular flexibility index (Phi) is 4.36. The summed E-state index contributed by atoms with van der Waals surface area (Å²) in [4.78, 5) is 26.0. The second kappa shape index (κ2) is 6.00. The molecule has 0 atom stereocenters. The summed E-state index contributed by atoms with van der Waals surface area (Å²) in [5, 5.41) is 4.80. The number of fused-ring (bicyclic) bond motifs is 1. The molecule has 2 heterocycles. The highest BCUT2D eigenvalue weighted by atomic mass is 32.1. The van der Waals surface area contributed by atoms with Gasteiger partial charge in [0.05, 0.1) is 0 Å². The van der Waals surface area contributed by atoms with Gasteiger partial charge < -0.3 is 10.2 Å². The molecular weight excluding hydrogens is 248 g/mol. The SMILES string of the molecule is CC(=O)NCCCC(=O)N1CCc2sccc2C1. The first-order valence-electron chi connectivity index (χ1n) is 6.24. The van der Waals surface area contributed by atoms with Crippen molar-refractivity contribution in [3.63, 3.8) is 0 Å². The Hall–Kier alpha value is -1.36. The summed E-state index contributed by atoms with van der Waals surface area (Å²) in [6.45, 7) is 3.65. The molecule has 0 spiro atoms. The van der Waals surface area contributed by atoms with Crippen molar-refractivity contribution in [1.82, 2.24) is 10.2 Å². The third-order valence-electron chi connectivity index (χ3n) is 3.10. The van der Waals surface area contributed by atoms with E-state index in [1.54, 1.807) is 11.3 Å². The quantitative estimate of drug-likeness (QED) is 0.841. The maximum atomic E-state index is 12.0. The van der Waals surface area contributed by atoms with Crippen LogP contribution in [0.3, 0.4) is 0 Å². The summed E-state index contributed by atoms with van der Waals surface area (Å²) in [6, 6.07) is 2.11. The van der Waals surface area contributed by atoms with Crippen LogP contribution >= 0.6 is 11.3 Å². The second-order valence-electron chi connectivity index (χ2n) is 4.52. The van der Waals surface area contributed by atoms with Crippen molar-refractivity contribution in [2.75, 3.05) is 13.1 Å². The zero-order chi connectivity index (χ0) is 13.0. The third kappa shape index (κ3) is 3.32. The molecule has 98 valence electrons. The number of hydrogen-bond acceptors (Lipinski definition) is 3. The predicted octanol–water partition coefficient (Wildman–Crippen LogP) is 1.55. The van der Waals surface area contributed by atoms with Gasteiger partial charge in [0.25, 0.3) is 0 Å². The first-order chi connectivity index (χ1) is 8.66. The highest BCUT2D eigenvalue weighted by Gasteiger charge is 2.20. The van der Waals surface area contributed by atoms with Crippen LogP contribution in [0.1, 0.15) is 30.2 Å². The average Bonchev–Trinajstić information content (AvgIpc) is 2.81. The number of carbonyl (C=O) groups excluding carboxylic acids is 2. The average molecular weight is 266 g/mol. The summed E-state index contributed by atoms with van der Waals surface area (Å²) < 4.78 is 0. The molecule has 0 bridgehead atoms. The fourth-order valence-electron chi connectivity index (χ4n) is 2.12. The van der Waals surface area contributed by atoms with E-state index in [9.17, 15) is 9.59 Å². The van der Waals surface area contributed by atoms with E-state index in [1.165, 1.54) is 17.4 Å².